The highest BCUT2D eigenvalue weighted by Gasteiger charge is 1.93. The molecule has 0 N–H and O–H groups in total. The Labute approximate surface area is 138 Å². The summed E-state index contributed by atoms with van der Waals surface area (Å²) in [5.74, 6) is 3.01. The Kier molecular flexibility index (Phi) is 11.0. The number of hydrogen-bond acceptors (Lipinski definition) is 1. The first kappa shape index (κ1) is 18.1. The predicted octanol–water partition coefficient (Wildman–Crippen LogP) is 6.54. The second-order valence-electron chi connectivity index (χ2n) is 4.86. The average Bonchev–Trinajstić information content (AvgIpc) is 2.55. The zero-order valence-electron chi connectivity index (χ0n) is 12.8. The van der Waals surface area contributed by atoms with Gasteiger partial charge in [-0.3, -0.25) is 0 Å². The van der Waals surface area contributed by atoms with E-state index in [-0.39, 0.29) is 0 Å². The molecule has 0 saturated carbocycles. The van der Waals surface area contributed by atoms with E-state index in [4.69, 9.17) is 11.6 Å². The minimum Gasteiger partial charge on any atom is -0.152 e. The lowest BCUT2D eigenvalue weighted by atomic mass is 10.2. The van der Waals surface area contributed by atoms with Gasteiger partial charge in [0.05, 0.1) is 0 Å². The minimum atomic E-state index is 0.827. The van der Waals surface area contributed by atoms with E-state index in [0.717, 1.165) is 17.4 Å². The fourth-order valence-electron chi connectivity index (χ4n) is 1.78. The summed E-state index contributed by atoms with van der Waals surface area (Å²) in [4.78, 5) is 0. The number of rotatable bonds is 7. The van der Waals surface area contributed by atoms with Crippen LogP contribution >= 0.6 is 23.4 Å². The third kappa shape index (κ3) is 9.60. The number of unbranched alkanes of at least 4 members (excludes halogenated alkanes) is 2. The number of halogens is 1. The van der Waals surface area contributed by atoms with E-state index in [1.54, 1.807) is 0 Å². The van der Waals surface area contributed by atoms with Crippen LogP contribution in [0.15, 0.2) is 60.7 Å². The fourth-order valence-corrected chi connectivity index (χ4v) is 2.93. The lowest BCUT2D eigenvalue weighted by Crippen LogP contribution is -1.82. The van der Waals surface area contributed by atoms with Crippen molar-refractivity contribution in [1.82, 2.24) is 0 Å². The van der Waals surface area contributed by atoms with Gasteiger partial charge in [-0.15, -0.1) is 11.6 Å². The van der Waals surface area contributed by atoms with Crippen LogP contribution in [0.4, 0.5) is 0 Å². The maximum Gasteiger partial charge on any atom is 0.0223 e. The van der Waals surface area contributed by atoms with E-state index in [9.17, 15) is 0 Å². The van der Waals surface area contributed by atoms with Crippen molar-refractivity contribution in [2.45, 2.75) is 37.7 Å². The van der Waals surface area contributed by atoms with Gasteiger partial charge >= 0.3 is 0 Å². The fraction of sp³-hybridized carbons (Fsp3) is 0.368. The second kappa shape index (κ2) is 12.8. The molecular formula is C19H25ClS. The van der Waals surface area contributed by atoms with E-state index in [0.29, 0.717) is 0 Å². The normalized spacial score (nSPS) is 9.81. The summed E-state index contributed by atoms with van der Waals surface area (Å²) in [5, 5.41) is 0. The number of benzene rings is 2. The summed E-state index contributed by atoms with van der Waals surface area (Å²) in [6.07, 6.45) is 3.73. The first-order valence-electron chi connectivity index (χ1n) is 7.58. The lowest BCUT2D eigenvalue weighted by molar-refractivity contribution is 0.776. The molecule has 0 atom stereocenters. The van der Waals surface area contributed by atoms with E-state index < -0.39 is 0 Å². The van der Waals surface area contributed by atoms with Crippen LogP contribution in [0.1, 0.15) is 37.3 Å². The van der Waals surface area contributed by atoms with Gasteiger partial charge in [-0.25, -0.2) is 0 Å². The van der Waals surface area contributed by atoms with Crippen molar-refractivity contribution in [3.63, 3.8) is 0 Å². The van der Waals surface area contributed by atoms with E-state index in [1.807, 2.05) is 11.8 Å². The molecule has 0 spiro atoms. The Balaban J connectivity index is 0.000000315. The molecule has 0 unspecified atom stereocenters. The molecule has 0 nitrogen and oxygen atoms in total. The molecule has 0 saturated heterocycles. The zero-order valence-corrected chi connectivity index (χ0v) is 14.4. The Bertz CT molecular complexity index is 398. The quantitative estimate of drug-likeness (QED) is 0.412. The van der Waals surface area contributed by atoms with Crippen LogP contribution < -0.4 is 0 Å². The van der Waals surface area contributed by atoms with Crippen LogP contribution in [0.25, 0.3) is 0 Å². The van der Waals surface area contributed by atoms with Gasteiger partial charge in [-0.2, -0.15) is 11.8 Å². The third-order valence-electron chi connectivity index (χ3n) is 2.96. The van der Waals surface area contributed by atoms with Crippen molar-refractivity contribution in [1.29, 1.82) is 0 Å². The van der Waals surface area contributed by atoms with E-state index in [1.165, 1.54) is 30.4 Å². The molecule has 0 bridgehead atoms. The van der Waals surface area contributed by atoms with Crippen molar-refractivity contribution in [3.8, 4) is 0 Å². The zero-order chi connectivity index (χ0) is 15.2. The van der Waals surface area contributed by atoms with Gasteiger partial charge < -0.3 is 0 Å². The summed E-state index contributed by atoms with van der Waals surface area (Å²) in [5.41, 5.74) is 2.80. The molecule has 0 radical (unpaired) electrons. The average molecular weight is 321 g/mol. The Morgan fingerprint density at radius 1 is 0.762 bits per heavy atom. The molecule has 0 aliphatic rings. The largest absolute Gasteiger partial charge is 0.152 e. The smallest absolute Gasteiger partial charge is 0.0223 e. The van der Waals surface area contributed by atoms with E-state index >= 15 is 0 Å². The van der Waals surface area contributed by atoms with Crippen LogP contribution in [0.5, 0.6) is 0 Å². The molecule has 0 amide bonds. The first-order valence-corrected chi connectivity index (χ1v) is 9.27. The highest BCUT2D eigenvalue weighted by Crippen LogP contribution is 2.17. The lowest BCUT2D eigenvalue weighted by Gasteiger charge is -2.01. The summed E-state index contributed by atoms with van der Waals surface area (Å²) >= 11 is 7.34. The SMILES string of the molecule is CCCCCCl.c1ccc(CSCc2ccccc2)cc1. The molecule has 0 fully saturated rings. The molecule has 2 aromatic rings. The van der Waals surface area contributed by atoms with Crippen molar-refractivity contribution >= 4 is 23.4 Å². The second-order valence-corrected chi connectivity index (χ2v) is 6.22. The third-order valence-corrected chi connectivity index (χ3v) is 4.30. The predicted molar refractivity (Wildman–Crippen MR) is 98.1 cm³/mol. The van der Waals surface area contributed by atoms with E-state index in [2.05, 4.69) is 67.6 Å². The molecule has 114 valence electrons. The van der Waals surface area contributed by atoms with Gasteiger partial charge in [0.15, 0.2) is 0 Å². The van der Waals surface area contributed by atoms with Crippen LogP contribution in [-0.2, 0) is 11.5 Å². The van der Waals surface area contributed by atoms with Crippen molar-refractivity contribution in [2.24, 2.45) is 0 Å². The van der Waals surface area contributed by atoms with Gasteiger partial charge in [0, 0.05) is 17.4 Å². The monoisotopic (exact) mass is 320 g/mol. The molecule has 0 aromatic heterocycles. The minimum absolute atomic E-state index is 0.827. The maximum atomic E-state index is 5.38. The Morgan fingerprint density at radius 2 is 1.24 bits per heavy atom. The first-order chi connectivity index (χ1) is 10.4. The molecule has 21 heavy (non-hydrogen) atoms. The van der Waals surface area contributed by atoms with Crippen LogP contribution in [0.2, 0.25) is 0 Å². The van der Waals surface area contributed by atoms with Crippen LogP contribution in [0.3, 0.4) is 0 Å². The van der Waals surface area contributed by atoms with Crippen LogP contribution in [0, 0.1) is 0 Å². The van der Waals surface area contributed by atoms with Gasteiger partial charge in [0.1, 0.15) is 0 Å². The van der Waals surface area contributed by atoms with Gasteiger partial charge in [-0.05, 0) is 17.5 Å². The highest BCUT2D eigenvalue weighted by molar-refractivity contribution is 7.97. The molecule has 2 aromatic carbocycles. The summed E-state index contributed by atoms with van der Waals surface area (Å²) < 4.78 is 0. The molecule has 2 heteroatoms. The standard InChI is InChI=1S/C14H14S.C5H11Cl/c1-3-7-13(8-4-1)11-15-12-14-9-5-2-6-10-14;1-2-3-4-5-6/h1-10H,11-12H2;2-5H2,1H3. The van der Waals surface area contributed by atoms with Crippen LogP contribution in [-0.4, -0.2) is 5.88 Å². The van der Waals surface area contributed by atoms with Crippen molar-refractivity contribution < 1.29 is 0 Å². The molecule has 0 heterocycles. The molecule has 0 aliphatic carbocycles. The summed E-state index contributed by atoms with van der Waals surface area (Å²) in [6.45, 7) is 2.17. The Hall–Kier alpha value is -0.920. The van der Waals surface area contributed by atoms with Crippen molar-refractivity contribution in [3.05, 3.63) is 71.8 Å². The highest BCUT2D eigenvalue weighted by atomic mass is 35.5. The number of alkyl halides is 1. The topological polar surface area (TPSA) is 0 Å². The molecule has 2 rings (SSSR count). The van der Waals surface area contributed by atoms with Gasteiger partial charge in [0.2, 0.25) is 0 Å². The van der Waals surface area contributed by atoms with Gasteiger partial charge in [-0.1, -0.05) is 80.4 Å². The number of thioether (sulfide) groups is 1. The maximum absolute atomic E-state index is 5.38. The summed E-state index contributed by atoms with van der Waals surface area (Å²) in [6, 6.07) is 21.2. The molecule has 0 aliphatic heterocycles. The number of hydrogen-bond donors (Lipinski definition) is 0. The molecular weight excluding hydrogens is 296 g/mol. The summed E-state index contributed by atoms with van der Waals surface area (Å²) in [7, 11) is 0. The van der Waals surface area contributed by atoms with Crippen molar-refractivity contribution in [2.75, 3.05) is 5.88 Å². The van der Waals surface area contributed by atoms with Gasteiger partial charge in [0.25, 0.3) is 0 Å². The Morgan fingerprint density at radius 3 is 1.57 bits per heavy atom.